The minimum atomic E-state index is -1.85. The van der Waals surface area contributed by atoms with Crippen molar-refractivity contribution in [2.24, 2.45) is 5.41 Å². The van der Waals surface area contributed by atoms with Crippen LogP contribution in [-0.4, -0.2) is 63.1 Å². The standard InChI is InChI=1S/C26H36O8/c1-15(11-12-18-17(3)10-7-13-26(18,4)5)8-6-9-16(2)14-19(27)33-25-22(30)20(28)21(29)23(34-25)24(31)32/h6,8-9,11-12,14,20-23,25,28-30H,7,10,13H2,1-5H3,(H,31,32)/b9-6+,12-11+,15-8+,16-14+/t20-,21-,22+,23-,25+/m0/s1. The summed E-state index contributed by atoms with van der Waals surface area (Å²) in [6, 6.07) is 0. The van der Waals surface area contributed by atoms with E-state index in [2.05, 4.69) is 32.9 Å². The summed E-state index contributed by atoms with van der Waals surface area (Å²) in [6.07, 6.45) is 5.29. The third-order valence-electron chi connectivity index (χ3n) is 6.16. The highest BCUT2D eigenvalue weighted by atomic mass is 16.7. The van der Waals surface area contributed by atoms with Gasteiger partial charge < -0.3 is 29.9 Å². The molecule has 8 heteroatoms. The predicted octanol–water partition coefficient (Wildman–Crippen LogP) is 2.95. The predicted molar refractivity (Wildman–Crippen MR) is 127 cm³/mol. The molecule has 8 nitrogen and oxygen atoms in total. The molecule has 2 rings (SSSR count). The third kappa shape index (κ3) is 7.24. The van der Waals surface area contributed by atoms with Crippen molar-refractivity contribution in [3.05, 3.63) is 58.7 Å². The van der Waals surface area contributed by atoms with Crippen molar-refractivity contribution in [3.8, 4) is 0 Å². The van der Waals surface area contributed by atoms with E-state index in [9.17, 15) is 24.9 Å². The minimum Gasteiger partial charge on any atom is -0.479 e. The zero-order valence-electron chi connectivity index (χ0n) is 20.4. The van der Waals surface area contributed by atoms with Crippen LogP contribution >= 0.6 is 0 Å². The highest BCUT2D eigenvalue weighted by molar-refractivity contribution is 5.83. The van der Waals surface area contributed by atoms with Crippen molar-refractivity contribution >= 4 is 11.9 Å². The Balaban J connectivity index is 1.98. The van der Waals surface area contributed by atoms with Crippen LogP contribution in [0.25, 0.3) is 0 Å². The average molecular weight is 477 g/mol. The number of hydrogen-bond acceptors (Lipinski definition) is 7. The molecular formula is C26H36O8. The van der Waals surface area contributed by atoms with Crippen molar-refractivity contribution in [2.45, 2.75) is 84.6 Å². The molecule has 0 radical (unpaired) electrons. The van der Waals surface area contributed by atoms with Gasteiger partial charge in [0, 0.05) is 6.08 Å². The summed E-state index contributed by atoms with van der Waals surface area (Å²) in [5.74, 6) is -2.44. The Morgan fingerprint density at radius 2 is 1.74 bits per heavy atom. The molecule has 0 spiro atoms. The van der Waals surface area contributed by atoms with Gasteiger partial charge in [0.25, 0.3) is 0 Å². The highest BCUT2D eigenvalue weighted by Gasteiger charge is 2.48. The Bertz CT molecular complexity index is 921. The average Bonchev–Trinajstić information content (AvgIpc) is 2.73. The van der Waals surface area contributed by atoms with Gasteiger partial charge >= 0.3 is 11.9 Å². The van der Waals surface area contributed by atoms with Crippen LogP contribution in [-0.2, 0) is 19.1 Å². The molecule has 0 amide bonds. The first-order chi connectivity index (χ1) is 15.8. The molecule has 0 saturated carbocycles. The molecule has 0 bridgehead atoms. The van der Waals surface area contributed by atoms with E-state index in [-0.39, 0.29) is 5.41 Å². The van der Waals surface area contributed by atoms with Gasteiger partial charge in [-0.25, -0.2) is 9.59 Å². The smallest absolute Gasteiger partial charge is 0.335 e. The molecular weight excluding hydrogens is 440 g/mol. The second-order valence-corrected chi connectivity index (χ2v) is 9.59. The van der Waals surface area contributed by atoms with Crippen LogP contribution in [0.1, 0.15) is 53.9 Å². The summed E-state index contributed by atoms with van der Waals surface area (Å²) >= 11 is 0. The molecule has 2 aliphatic rings. The van der Waals surface area contributed by atoms with Gasteiger partial charge in [0.05, 0.1) is 0 Å². The van der Waals surface area contributed by atoms with Crippen LogP contribution in [0.2, 0.25) is 0 Å². The number of hydrogen-bond donors (Lipinski definition) is 4. The minimum absolute atomic E-state index is 0.170. The molecule has 1 heterocycles. The summed E-state index contributed by atoms with van der Waals surface area (Å²) in [5, 5.41) is 38.5. The number of carbonyl (C=O) groups excluding carboxylic acids is 1. The van der Waals surface area contributed by atoms with Gasteiger partial charge in [-0.1, -0.05) is 55.4 Å². The van der Waals surface area contributed by atoms with E-state index in [4.69, 9.17) is 14.6 Å². The SMILES string of the molecule is CC1=C(/C=C/C(C)=C/C=C/C(C)=C/C(=O)O[C@@H]2O[C@H](C(=O)O)[C@@H](O)[C@H](O)[C@H]2O)C(C)(C)CCC1. The summed E-state index contributed by atoms with van der Waals surface area (Å²) in [6.45, 7) is 10.4. The number of carboxylic acids is 1. The zero-order valence-corrected chi connectivity index (χ0v) is 20.4. The largest absolute Gasteiger partial charge is 0.479 e. The third-order valence-corrected chi connectivity index (χ3v) is 6.16. The Morgan fingerprint density at radius 1 is 1.06 bits per heavy atom. The molecule has 1 saturated heterocycles. The molecule has 0 aromatic rings. The molecule has 4 N–H and O–H groups in total. The van der Waals surface area contributed by atoms with E-state index in [1.54, 1.807) is 19.1 Å². The number of aliphatic hydroxyl groups excluding tert-OH is 3. The second kappa shape index (κ2) is 11.8. The molecule has 0 unspecified atom stereocenters. The lowest BCUT2D eigenvalue weighted by Crippen LogP contribution is -2.60. The van der Waals surface area contributed by atoms with Crippen molar-refractivity contribution in [1.82, 2.24) is 0 Å². The van der Waals surface area contributed by atoms with E-state index in [1.165, 1.54) is 24.0 Å². The Kier molecular flexibility index (Phi) is 9.58. The van der Waals surface area contributed by atoms with Gasteiger partial charge in [-0.15, -0.1) is 0 Å². The number of allylic oxidation sites excluding steroid dienone is 9. The van der Waals surface area contributed by atoms with Gasteiger partial charge in [0.15, 0.2) is 6.10 Å². The fraction of sp³-hybridized carbons (Fsp3) is 0.538. The maximum atomic E-state index is 12.2. The summed E-state index contributed by atoms with van der Waals surface area (Å²) in [5.41, 5.74) is 4.56. The topological polar surface area (TPSA) is 134 Å². The summed E-state index contributed by atoms with van der Waals surface area (Å²) in [4.78, 5) is 23.3. The highest BCUT2D eigenvalue weighted by Crippen LogP contribution is 2.40. The monoisotopic (exact) mass is 476 g/mol. The van der Waals surface area contributed by atoms with Crippen LogP contribution in [0.4, 0.5) is 0 Å². The lowest BCUT2D eigenvalue weighted by Gasteiger charge is -2.37. The van der Waals surface area contributed by atoms with Crippen molar-refractivity contribution in [1.29, 1.82) is 0 Å². The van der Waals surface area contributed by atoms with Gasteiger partial charge in [-0.05, 0) is 56.6 Å². The van der Waals surface area contributed by atoms with Gasteiger partial charge in [-0.3, -0.25) is 0 Å². The lowest BCUT2D eigenvalue weighted by molar-refractivity contribution is -0.284. The summed E-state index contributed by atoms with van der Waals surface area (Å²) in [7, 11) is 0. The number of carboxylic acid groups (broad SMARTS) is 1. The van der Waals surface area contributed by atoms with Crippen molar-refractivity contribution in [2.75, 3.05) is 0 Å². The lowest BCUT2D eigenvalue weighted by atomic mass is 9.72. The van der Waals surface area contributed by atoms with Crippen molar-refractivity contribution < 1.29 is 39.5 Å². The van der Waals surface area contributed by atoms with E-state index >= 15 is 0 Å². The van der Waals surface area contributed by atoms with Crippen LogP contribution in [0.3, 0.4) is 0 Å². The van der Waals surface area contributed by atoms with Gasteiger partial charge in [0.2, 0.25) is 6.29 Å². The normalized spacial score (nSPS) is 30.8. The molecule has 1 fully saturated rings. The van der Waals surface area contributed by atoms with Crippen molar-refractivity contribution in [3.63, 3.8) is 0 Å². The Labute approximate surface area is 200 Å². The number of rotatable bonds is 7. The molecule has 1 aliphatic heterocycles. The molecule has 0 aromatic carbocycles. The fourth-order valence-corrected chi connectivity index (χ4v) is 4.16. The number of esters is 1. The number of aliphatic carboxylic acids is 1. The van der Waals surface area contributed by atoms with Crippen LogP contribution in [0.15, 0.2) is 58.7 Å². The van der Waals surface area contributed by atoms with Gasteiger partial charge in [0.1, 0.15) is 18.3 Å². The molecule has 188 valence electrons. The van der Waals surface area contributed by atoms with Crippen LogP contribution in [0.5, 0.6) is 0 Å². The number of ether oxygens (including phenoxy) is 2. The van der Waals surface area contributed by atoms with E-state index in [0.717, 1.165) is 18.1 Å². The van der Waals surface area contributed by atoms with E-state index < -0.39 is 42.6 Å². The van der Waals surface area contributed by atoms with Crippen LogP contribution < -0.4 is 0 Å². The summed E-state index contributed by atoms with van der Waals surface area (Å²) < 4.78 is 9.88. The Morgan fingerprint density at radius 3 is 2.35 bits per heavy atom. The maximum absolute atomic E-state index is 12.2. The fourth-order valence-electron chi connectivity index (χ4n) is 4.16. The first kappa shape index (κ1) is 27.7. The first-order valence-corrected chi connectivity index (χ1v) is 11.4. The number of aliphatic hydroxyl groups is 3. The van der Waals surface area contributed by atoms with Crippen LogP contribution in [0, 0.1) is 5.41 Å². The number of carbonyl (C=O) groups is 2. The molecule has 0 aromatic heterocycles. The molecule has 34 heavy (non-hydrogen) atoms. The maximum Gasteiger partial charge on any atom is 0.335 e. The first-order valence-electron chi connectivity index (χ1n) is 11.4. The van der Waals surface area contributed by atoms with E-state index in [1.807, 2.05) is 13.0 Å². The molecule has 1 aliphatic carbocycles. The quantitative estimate of drug-likeness (QED) is 0.250. The second-order valence-electron chi connectivity index (χ2n) is 9.59. The molecule has 5 atom stereocenters. The Hall–Kier alpha value is -2.52. The van der Waals surface area contributed by atoms with E-state index in [0.29, 0.717) is 5.57 Å². The van der Waals surface area contributed by atoms with Gasteiger partial charge in [-0.2, -0.15) is 0 Å². The zero-order chi connectivity index (χ0) is 25.6.